The molecular weight excluding hydrogens is 346 g/mol. The number of aromatic amines is 1. The van der Waals surface area contributed by atoms with E-state index >= 15 is 0 Å². The molecule has 0 bridgehead atoms. The maximum absolute atomic E-state index is 12.7. The number of thiophene rings is 1. The molecular formula is C20H19N3O2S. The minimum Gasteiger partial charge on any atom is -0.464 e. The van der Waals surface area contributed by atoms with E-state index in [4.69, 9.17) is 9.40 Å². The van der Waals surface area contributed by atoms with Crippen molar-refractivity contribution in [3.8, 4) is 11.3 Å². The van der Waals surface area contributed by atoms with Crippen molar-refractivity contribution in [3.63, 3.8) is 0 Å². The third-order valence-electron chi connectivity index (χ3n) is 4.58. The molecule has 0 fully saturated rings. The van der Waals surface area contributed by atoms with Crippen molar-refractivity contribution in [3.05, 3.63) is 75.8 Å². The van der Waals surface area contributed by atoms with Gasteiger partial charge in [0.1, 0.15) is 16.4 Å². The van der Waals surface area contributed by atoms with E-state index in [1.54, 1.807) is 6.26 Å². The number of hydrogen-bond donors (Lipinski definition) is 1. The standard InChI is InChI=1S/C20H19N3O2S/c1-13(23(2)11-14-7-4-3-5-8-14)18-21-19(24)17-15(12-26-20(17)22-18)16-9-6-10-25-16/h3-10,12-13H,11H2,1-2H3,(H,21,22,24)/t13-/m1/s1. The average molecular weight is 365 g/mol. The summed E-state index contributed by atoms with van der Waals surface area (Å²) in [5.74, 6) is 1.36. The largest absolute Gasteiger partial charge is 0.464 e. The second-order valence-corrected chi connectivity index (χ2v) is 7.19. The van der Waals surface area contributed by atoms with Crippen LogP contribution in [0.25, 0.3) is 21.5 Å². The summed E-state index contributed by atoms with van der Waals surface area (Å²) >= 11 is 1.46. The molecule has 1 atom stereocenters. The quantitative estimate of drug-likeness (QED) is 0.568. The Labute approximate surface area is 154 Å². The van der Waals surface area contributed by atoms with E-state index in [9.17, 15) is 4.79 Å². The first-order chi connectivity index (χ1) is 12.6. The lowest BCUT2D eigenvalue weighted by Gasteiger charge is -2.23. The Balaban J connectivity index is 1.66. The summed E-state index contributed by atoms with van der Waals surface area (Å²) in [6.07, 6.45) is 1.61. The Bertz CT molecular complexity index is 1070. The first-order valence-electron chi connectivity index (χ1n) is 8.43. The van der Waals surface area contributed by atoms with Crippen LogP contribution in [0.3, 0.4) is 0 Å². The minimum absolute atomic E-state index is 0.0125. The number of rotatable bonds is 5. The maximum atomic E-state index is 12.7. The Morgan fingerprint density at radius 3 is 2.77 bits per heavy atom. The van der Waals surface area contributed by atoms with Gasteiger partial charge in [-0.15, -0.1) is 11.3 Å². The number of furan rings is 1. The van der Waals surface area contributed by atoms with Crippen LogP contribution in [0.1, 0.15) is 24.4 Å². The summed E-state index contributed by atoms with van der Waals surface area (Å²) in [7, 11) is 2.03. The van der Waals surface area contributed by atoms with Gasteiger partial charge in [-0.2, -0.15) is 0 Å². The Kier molecular flexibility index (Phi) is 4.44. The Hall–Kier alpha value is -2.70. The molecule has 0 radical (unpaired) electrons. The highest BCUT2D eigenvalue weighted by molar-refractivity contribution is 7.17. The van der Waals surface area contributed by atoms with Crippen molar-refractivity contribution in [2.75, 3.05) is 7.05 Å². The minimum atomic E-state index is -0.127. The number of nitrogens with one attached hydrogen (secondary N) is 1. The molecule has 0 spiro atoms. The number of aromatic nitrogens is 2. The molecule has 1 aromatic carbocycles. The summed E-state index contributed by atoms with van der Waals surface area (Å²) in [5, 5.41) is 2.51. The van der Waals surface area contributed by atoms with E-state index in [0.717, 1.165) is 16.9 Å². The normalized spacial score (nSPS) is 12.7. The molecule has 5 nitrogen and oxygen atoms in total. The predicted molar refractivity (Wildman–Crippen MR) is 104 cm³/mol. The molecule has 3 aromatic heterocycles. The highest BCUT2D eigenvalue weighted by Crippen LogP contribution is 2.31. The van der Waals surface area contributed by atoms with E-state index in [2.05, 4.69) is 22.0 Å². The van der Waals surface area contributed by atoms with Gasteiger partial charge < -0.3 is 9.40 Å². The molecule has 0 aliphatic carbocycles. The van der Waals surface area contributed by atoms with Gasteiger partial charge >= 0.3 is 0 Å². The summed E-state index contributed by atoms with van der Waals surface area (Å²) in [6, 6.07) is 13.9. The van der Waals surface area contributed by atoms with E-state index in [-0.39, 0.29) is 11.6 Å². The molecule has 4 aromatic rings. The van der Waals surface area contributed by atoms with Gasteiger partial charge in [0.15, 0.2) is 0 Å². The van der Waals surface area contributed by atoms with Crippen molar-refractivity contribution < 1.29 is 4.42 Å². The fraction of sp³-hybridized carbons (Fsp3) is 0.200. The van der Waals surface area contributed by atoms with Crippen molar-refractivity contribution in [2.24, 2.45) is 0 Å². The predicted octanol–water partition coefficient (Wildman–Crippen LogP) is 4.44. The van der Waals surface area contributed by atoms with Gasteiger partial charge in [-0.05, 0) is 31.7 Å². The third-order valence-corrected chi connectivity index (χ3v) is 5.45. The van der Waals surface area contributed by atoms with Crippen LogP contribution in [0.5, 0.6) is 0 Å². The number of fused-ring (bicyclic) bond motifs is 1. The lowest BCUT2D eigenvalue weighted by molar-refractivity contribution is 0.244. The molecule has 132 valence electrons. The lowest BCUT2D eigenvalue weighted by atomic mass is 10.1. The Morgan fingerprint density at radius 1 is 1.23 bits per heavy atom. The molecule has 6 heteroatoms. The topological polar surface area (TPSA) is 62.1 Å². The highest BCUT2D eigenvalue weighted by Gasteiger charge is 2.19. The molecule has 0 amide bonds. The van der Waals surface area contributed by atoms with Gasteiger partial charge in [0.05, 0.1) is 17.7 Å². The molecule has 1 N–H and O–H groups in total. The van der Waals surface area contributed by atoms with Gasteiger partial charge in [-0.25, -0.2) is 4.98 Å². The van der Waals surface area contributed by atoms with E-state index in [1.165, 1.54) is 16.9 Å². The fourth-order valence-corrected chi connectivity index (χ4v) is 3.93. The first-order valence-corrected chi connectivity index (χ1v) is 9.31. The van der Waals surface area contributed by atoms with Crippen molar-refractivity contribution in [2.45, 2.75) is 19.5 Å². The van der Waals surface area contributed by atoms with Crippen LogP contribution in [0, 0.1) is 0 Å². The summed E-state index contributed by atoms with van der Waals surface area (Å²) in [5.41, 5.74) is 1.89. The Morgan fingerprint density at radius 2 is 2.04 bits per heavy atom. The molecule has 4 rings (SSSR count). The van der Waals surface area contributed by atoms with Gasteiger partial charge in [0.2, 0.25) is 0 Å². The molecule has 3 heterocycles. The van der Waals surface area contributed by atoms with E-state index in [1.807, 2.05) is 49.7 Å². The monoisotopic (exact) mass is 365 g/mol. The van der Waals surface area contributed by atoms with Crippen LogP contribution in [-0.2, 0) is 6.54 Å². The first kappa shape index (κ1) is 16.8. The van der Waals surface area contributed by atoms with E-state index < -0.39 is 0 Å². The van der Waals surface area contributed by atoms with Crippen LogP contribution < -0.4 is 5.56 Å². The lowest BCUT2D eigenvalue weighted by Crippen LogP contribution is -2.25. The maximum Gasteiger partial charge on any atom is 0.260 e. The molecule has 0 saturated heterocycles. The third kappa shape index (κ3) is 3.09. The zero-order valence-corrected chi connectivity index (χ0v) is 15.4. The summed E-state index contributed by atoms with van der Waals surface area (Å²) < 4.78 is 5.44. The number of nitrogens with zero attached hydrogens (tertiary/aromatic N) is 2. The zero-order chi connectivity index (χ0) is 18.1. The summed E-state index contributed by atoms with van der Waals surface area (Å²) in [6.45, 7) is 2.83. The molecule has 0 aliphatic heterocycles. The average Bonchev–Trinajstić information content (AvgIpc) is 3.31. The van der Waals surface area contributed by atoms with Gasteiger partial charge in [0, 0.05) is 17.5 Å². The molecule has 0 aliphatic rings. The van der Waals surface area contributed by atoms with Crippen LogP contribution >= 0.6 is 11.3 Å². The SMILES string of the molecule is C[C@H](c1nc2scc(-c3ccco3)c2c(=O)[nH]1)N(C)Cc1ccccc1. The second-order valence-electron chi connectivity index (χ2n) is 6.33. The van der Waals surface area contributed by atoms with Gasteiger partial charge in [-0.3, -0.25) is 9.69 Å². The highest BCUT2D eigenvalue weighted by atomic mass is 32.1. The van der Waals surface area contributed by atoms with Crippen molar-refractivity contribution in [1.82, 2.24) is 14.9 Å². The molecule has 26 heavy (non-hydrogen) atoms. The van der Waals surface area contributed by atoms with Gasteiger partial charge in [0.25, 0.3) is 5.56 Å². The summed E-state index contributed by atoms with van der Waals surface area (Å²) in [4.78, 5) is 23.3. The zero-order valence-electron chi connectivity index (χ0n) is 14.6. The molecule has 0 unspecified atom stereocenters. The fourth-order valence-electron chi connectivity index (χ4n) is 2.99. The van der Waals surface area contributed by atoms with E-state index in [0.29, 0.717) is 17.0 Å². The van der Waals surface area contributed by atoms with Crippen LogP contribution in [0.15, 0.2) is 63.3 Å². The number of H-pyrrole nitrogens is 1. The smallest absolute Gasteiger partial charge is 0.260 e. The number of benzene rings is 1. The number of hydrogen-bond acceptors (Lipinski definition) is 5. The van der Waals surface area contributed by atoms with Crippen molar-refractivity contribution >= 4 is 21.6 Å². The van der Waals surface area contributed by atoms with Crippen LogP contribution in [-0.4, -0.2) is 21.9 Å². The van der Waals surface area contributed by atoms with Gasteiger partial charge in [-0.1, -0.05) is 30.3 Å². The van der Waals surface area contributed by atoms with Crippen LogP contribution in [0.2, 0.25) is 0 Å². The van der Waals surface area contributed by atoms with Crippen LogP contribution in [0.4, 0.5) is 0 Å². The second kappa shape index (κ2) is 6.90. The molecule has 0 saturated carbocycles. The van der Waals surface area contributed by atoms with Crippen molar-refractivity contribution in [1.29, 1.82) is 0 Å².